The van der Waals surface area contributed by atoms with Gasteiger partial charge in [-0.3, -0.25) is 14.8 Å². The van der Waals surface area contributed by atoms with Crippen LogP contribution in [-0.4, -0.2) is 63.6 Å². The molecule has 3 aromatic rings. The monoisotopic (exact) mass is 422 g/mol. The fraction of sp³-hybridized carbons (Fsp3) is 0.435. The zero-order valence-corrected chi connectivity index (χ0v) is 17.5. The molecule has 2 saturated heterocycles. The molecule has 0 radical (unpaired) electrons. The number of pyridine rings is 1. The molecule has 0 saturated carbocycles. The lowest BCUT2D eigenvalue weighted by Gasteiger charge is -2.20. The summed E-state index contributed by atoms with van der Waals surface area (Å²) in [4.78, 5) is 21.6. The summed E-state index contributed by atoms with van der Waals surface area (Å²) in [6.07, 6.45) is 3.34. The standard InChI is InChI=1S/C23H27FN6O/c24-18-5-3-16(4-6-18)13-25-22-19-7-8-20(26-23(19)28-27-22)17-9-12-30(14-17)21(31)15-29-10-1-2-11-29/h3-8,17H,1-2,9-15H2,(H2,25,26,27,28)/t17-/m0/s1. The van der Waals surface area contributed by atoms with Crippen molar-refractivity contribution in [2.75, 3.05) is 38.0 Å². The summed E-state index contributed by atoms with van der Waals surface area (Å²) in [5.74, 6) is 0.978. The average molecular weight is 423 g/mol. The minimum absolute atomic E-state index is 0.235. The third-order valence-electron chi connectivity index (χ3n) is 6.34. The van der Waals surface area contributed by atoms with Gasteiger partial charge >= 0.3 is 0 Å². The van der Waals surface area contributed by atoms with Crippen LogP contribution in [0.15, 0.2) is 36.4 Å². The summed E-state index contributed by atoms with van der Waals surface area (Å²) in [6.45, 7) is 4.71. The van der Waals surface area contributed by atoms with Crippen molar-refractivity contribution < 1.29 is 9.18 Å². The number of nitrogens with zero attached hydrogens (tertiary/aromatic N) is 4. The molecule has 0 spiro atoms. The van der Waals surface area contributed by atoms with Crippen LogP contribution in [0.2, 0.25) is 0 Å². The Bertz CT molecular complexity index is 1060. The van der Waals surface area contributed by atoms with Crippen LogP contribution in [0.25, 0.3) is 11.0 Å². The van der Waals surface area contributed by atoms with Gasteiger partial charge in [0.05, 0.1) is 11.9 Å². The second-order valence-electron chi connectivity index (χ2n) is 8.49. The smallest absolute Gasteiger partial charge is 0.236 e. The average Bonchev–Trinajstić information content (AvgIpc) is 3.54. The van der Waals surface area contributed by atoms with Gasteiger partial charge in [0.25, 0.3) is 0 Å². The number of carbonyl (C=O) groups is 1. The van der Waals surface area contributed by atoms with Gasteiger partial charge in [0.1, 0.15) is 5.82 Å². The highest BCUT2D eigenvalue weighted by molar-refractivity contribution is 5.87. The first kappa shape index (κ1) is 19.9. The fourth-order valence-corrected chi connectivity index (χ4v) is 4.53. The van der Waals surface area contributed by atoms with E-state index in [2.05, 4.69) is 20.4 Å². The number of anilines is 1. The Morgan fingerprint density at radius 3 is 2.74 bits per heavy atom. The number of amides is 1. The lowest BCUT2D eigenvalue weighted by atomic mass is 10.0. The maximum absolute atomic E-state index is 13.1. The lowest BCUT2D eigenvalue weighted by molar-refractivity contribution is -0.131. The maximum Gasteiger partial charge on any atom is 0.236 e. The van der Waals surface area contributed by atoms with Crippen LogP contribution < -0.4 is 5.32 Å². The molecule has 2 aromatic heterocycles. The summed E-state index contributed by atoms with van der Waals surface area (Å²) in [7, 11) is 0. The molecule has 0 unspecified atom stereocenters. The van der Waals surface area contributed by atoms with Crippen molar-refractivity contribution in [3.05, 3.63) is 53.5 Å². The number of rotatable bonds is 6. The SMILES string of the molecule is O=C(CN1CCCC1)N1CC[C@H](c2ccc3c(NCc4ccc(F)cc4)n[nH]c3n2)C1. The number of nitrogens with one attached hydrogen (secondary N) is 2. The first-order valence-electron chi connectivity index (χ1n) is 11.0. The number of H-pyrrole nitrogens is 1. The Labute approximate surface area is 180 Å². The van der Waals surface area contributed by atoms with Crippen molar-refractivity contribution in [1.29, 1.82) is 0 Å². The quantitative estimate of drug-likeness (QED) is 0.638. The Morgan fingerprint density at radius 1 is 1.13 bits per heavy atom. The van der Waals surface area contributed by atoms with Gasteiger partial charge in [-0.15, -0.1) is 0 Å². The van der Waals surface area contributed by atoms with Crippen molar-refractivity contribution in [3.63, 3.8) is 0 Å². The molecular weight excluding hydrogens is 395 g/mol. The summed E-state index contributed by atoms with van der Waals surface area (Å²) >= 11 is 0. The molecule has 1 amide bonds. The largest absolute Gasteiger partial charge is 0.364 e. The van der Waals surface area contributed by atoms with Crippen LogP contribution in [0.1, 0.15) is 36.4 Å². The molecule has 2 N–H and O–H groups in total. The van der Waals surface area contributed by atoms with E-state index in [0.717, 1.165) is 60.7 Å². The minimum atomic E-state index is -0.242. The Balaban J connectivity index is 1.22. The van der Waals surface area contributed by atoms with Crippen LogP contribution in [-0.2, 0) is 11.3 Å². The number of fused-ring (bicyclic) bond motifs is 1. The molecule has 31 heavy (non-hydrogen) atoms. The molecule has 8 heteroatoms. The number of halogens is 1. The molecule has 2 aliphatic rings. The van der Waals surface area contributed by atoms with Crippen molar-refractivity contribution >= 4 is 22.8 Å². The molecule has 1 aromatic carbocycles. The molecule has 5 rings (SSSR count). The second kappa shape index (κ2) is 8.63. The van der Waals surface area contributed by atoms with E-state index in [1.54, 1.807) is 12.1 Å². The van der Waals surface area contributed by atoms with E-state index in [1.807, 2.05) is 17.0 Å². The molecule has 1 atom stereocenters. The lowest BCUT2D eigenvalue weighted by Crippen LogP contribution is -2.38. The third kappa shape index (κ3) is 4.39. The molecule has 162 valence electrons. The van der Waals surface area contributed by atoms with Crippen molar-refractivity contribution in [3.8, 4) is 0 Å². The summed E-state index contributed by atoms with van der Waals surface area (Å²) in [5.41, 5.74) is 2.71. The Morgan fingerprint density at radius 2 is 1.94 bits per heavy atom. The zero-order chi connectivity index (χ0) is 21.2. The van der Waals surface area contributed by atoms with Crippen molar-refractivity contribution in [1.82, 2.24) is 25.0 Å². The van der Waals surface area contributed by atoms with Gasteiger partial charge in [0.15, 0.2) is 11.5 Å². The van der Waals surface area contributed by atoms with Crippen molar-refractivity contribution in [2.45, 2.75) is 31.7 Å². The number of aromatic amines is 1. The van der Waals surface area contributed by atoms with Gasteiger partial charge in [-0.1, -0.05) is 12.1 Å². The molecule has 2 aliphatic heterocycles. The fourth-order valence-electron chi connectivity index (χ4n) is 4.53. The molecule has 0 aliphatic carbocycles. The van der Waals surface area contributed by atoms with Gasteiger partial charge < -0.3 is 10.2 Å². The van der Waals surface area contributed by atoms with E-state index in [4.69, 9.17) is 4.98 Å². The molecular formula is C23H27FN6O. The highest BCUT2D eigenvalue weighted by atomic mass is 19.1. The number of benzene rings is 1. The van der Waals surface area contributed by atoms with E-state index in [-0.39, 0.29) is 17.6 Å². The van der Waals surface area contributed by atoms with Crippen molar-refractivity contribution in [2.24, 2.45) is 0 Å². The number of aromatic nitrogens is 3. The Hall–Kier alpha value is -3.00. The normalized spacial score (nSPS) is 19.4. The Kier molecular flexibility index (Phi) is 5.55. The van der Waals surface area contributed by atoms with Gasteiger partial charge in [-0.2, -0.15) is 5.10 Å². The van der Waals surface area contributed by atoms with Crippen LogP contribution in [0.4, 0.5) is 10.2 Å². The number of hydrogen-bond donors (Lipinski definition) is 2. The number of hydrogen-bond acceptors (Lipinski definition) is 5. The van der Waals surface area contributed by atoms with Crippen LogP contribution >= 0.6 is 0 Å². The van der Waals surface area contributed by atoms with Crippen LogP contribution in [0, 0.1) is 5.82 Å². The van der Waals surface area contributed by atoms with Gasteiger partial charge in [0.2, 0.25) is 5.91 Å². The maximum atomic E-state index is 13.1. The highest BCUT2D eigenvalue weighted by Crippen LogP contribution is 2.29. The second-order valence-corrected chi connectivity index (χ2v) is 8.49. The molecule has 7 nitrogen and oxygen atoms in total. The van der Waals surface area contributed by atoms with E-state index >= 15 is 0 Å². The molecule has 4 heterocycles. The molecule has 2 fully saturated rings. The predicted octanol–water partition coefficient (Wildman–Crippen LogP) is 3.12. The summed E-state index contributed by atoms with van der Waals surface area (Å²) in [6, 6.07) is 10.5. The number of carbonyl (C=O) groups excluding carboxylic acids is 1. The minimum Gasteiger partial charge on any atom is -0.364 e. The summed E-state index contributed by atoms with van der Waals surface area (Å²) in [5, 5.41) is 11.6. The number of likely N-dealkylation sites (tertiary alicyclic amines) is 2. The van der Waals surface area contributed by atoms with E-state index in [0.29, 0.717) is 13.1 Å². The van der Waals surface area contributed by atoms with Gasteiger partial charge in [-0.05, 0) is 62.2 Å². The van der Waals surface area contributed by atoms with Crippen LogP contribution in [0.3, 0.4) is 0 Å². The van der Waals surface area contributed by atoms with Gasteiger partial charge in [0, 0.05) is 31.2 Å². The first-order chi connectivity index (χ1) is 15.2. The third-order valence-corrected chi connectivity index (χ3v) is 6.34. The topological polar surface area (TPSA) is 77.2 Å². The van der Waals surface area contributed by atoms with E-state index in [9.17, 15) is 9.18 Å². The van der Waals surface area contributed by atoms with Gasteiger partial charge in [-0.25, -0.2) is 9.37 Å². The zero-order valence-electron chi connectivity index (χ0n) is 17.5. The van der Waals surface area contributed by atoms with E-state index < -0.39 is 0 Å². The first-order valence-corrected chi connectivity index (χ1v) is 11.0. The highest BCUT2D eigenvalue weighted by Gasteiger charge is 2.29. The predicted molar refractivity (Wildman–Crippen MR) is 117 cm³/mol. The van der Waals surface area contributed by atoms with Crippen LogP contribution in [0.5, 0.6) is 0 Å². The summed E-state index contributed by atoms with van der Waals surface area (Å²) < 4.78 is 13.1. The molecule has 0 bridgehead atoms. The van der Waals surface area contributed by atoms with E-state index in [1.165, 1.54) is 25.0 Å².